The van der Waals surface area contributed by atoms with Crippen LogP contribution in [0.3, 0.4) is 0 Å². The molecule has 0 bridgehead atoms. The lowest BCUT2D eigenvalue weighted by Crippen LogP contribution is -2.00. The van der Waals surface area contributed by atoms with Gasteiger partial charge in [0.1, 0.15) is 0 Å². The van der Waals surface area contributed by atoms with Crippen LogP contribution in [0.15, 0.2) is 16.9 Å². The highest BCUT2D eigenvalue weighted by Crippen LogP contribution is 2.31. The Hall–Kier alpha value is -1.46. The number of aromatic nitrogens is 3. The van der Waals surface area contributed by atoms with Crippen molar-refractivity contribution in [3.63, 3.8) is 0 Å². The van der Waals surface area contributed by atoms with E-state index in [1.165, 1.54) is 0 Å². The molecular weight excluding hydrogens is 239 g/mol. The molecule has 0 aliphatic carbocycles. The minimum Gasteiger partial charge on any atom is -0.396 e. The van der Waals surface area contributed by atoms with Gasteiger partial charge >= 0.3 is 5.69 Å². The summed E-state index contributed by atoms with van der Waals surface area (Å²) in [6.45, 7) is 0. The number of halogens is 2. The Bertz CT molecular complexity index is 537. The third-order valence-corrected chi connectivity index (χ3v) is 2.48. The van der Waals surface area contributed by atoms with E-state index in [1.807, 2.05) is 0 Å². The van der Waals surface area contributed by atoms with Gasteiger partial charge in [-0.05, 0) is 12.1 Å². The zero-order valence-corrected chi connectivity index (χ0v) is 8.86. The normalized spacial score (nSPS) is 10.5. The summed E-state index contributed by atoms with van der Waals surface area (Å²) in [6.07, 6.45) is 0. The summed E-state index contributed by atoms with van der Waals surface area (Å²) in [4.78, 5) is 13.3. The van der Waals surface area contributed by atoms with Gasteiger partial charge in [0.2, 0.25) is 0 Å². The van der Waals surface area contributed by atoms with Crippen molar-refractivity contribution < 1.29 is 0 Å². The smallest absolute Gasteiger partial charge is 0.340 e. The fourth-order valence-corrected chi connectivity index (χ4v) is 1.61. The van der Waals surface area contributed by atoms with Crippen LogP contribution in [0, 0.1) is 0 Å². The highest BCUT2D eigenvalue weighted by molar-refractivity contribution is 6.39. The van der Waals surface area contributed by atoms with Crippen LogP contribution in [0.5, 0.6) is 0 Å². The SMILES string of the molecule is Nc1c(Cl)cc(-c2n[nH]c(=O)[nH]2)cc1Cl. The van der Waals surface area contributed by atoms with Gasteiger partial charge < -0.3 is 5.73 Å². The van der Waals surface area contributed by atoms with Crippen LogP contribution in [0.25, 0.3) is 11.4 Å². The predicted molar refractivity (Wildman–Crippen MR) is 59.1 cm³/mol. The van der Waals surface area contributed by atoms with Crippen LogP contribution in [-0.4, -0.2) is 15.2 Å². The van der Waals surface area contributed by atoms with E-state index in [4.69, 9.17) is 28.9 Å². The first kappa shape index (κ1) is 10.1. The maximum Gasteiger partial charge on any atom is 0.340 e. The summed E-state index contributed by atoms with van der Waals surface area (Å²) in [5.41, 5.74) is 6.08. The number of nitrogen functional groups attached to an aromatic ring is 1. The van der Waals surface area contributed by atoms with Gasteiger partial charge in [0.25, 0.3) is 0 Å². The fraction of sp³-hybridized carbons (Fsp3) is 0. The van der Waals surface area contributed by atoms with E-state index in [0.717, 1.165) is 0 Å². The molecule has 2 aromatic rings. The van der Waals surface area contributed by atoms with Crippen molar-refractivity contribution >= 4 is 28.9 Å². The second kappa shape index (κ2) is 3.60. The average molecular weight is 245 g/mol. The lowest BCUT2D eigenvalue weighted by molar-refractivity contribution is 1.05. The lowest BCUT2D eigenvalue weighted by atomic mass is 10.2. The summed E-state index contributed by atoms with van der Waals surface area (Å²) in [6, 6.07) is 3.16. The van der Waals surface area contributed by atoms with Crippen LogP contribution in [0.1, 0.15) is 0 Å². The maximum absolute atomic E-state index is 10.8. The van der Waals surface area contributed by atoms with Crippen molar-refractivity contribution in [3.8, 4) is 11.4 Å². The van der Waals surface area contributed by atoms with E-state index in [9.17, 15) is 4.79 Å². The summed E-state index contributed by atoms with van der Waals surface area (Å²) < 4.78 is 0. The number of H-pyrrole nitrogens is 2. The van der Waals surface area contributed by atoms with Crippen LogP contribution >= 0.6 is 23.2 Å². The molecule has 0 aliphatic rings. The predicted octanol–water partition coefficient (Wildman–Crippen LogP) is 1.65. The number of hydrogen-bond donors (Lipinski definition) is 3. The van der Waals surface area contributed by atoms with E-state index < -0.39 is 5.69 Å². The van der Waals surface area contributed by atoms with Crippen molar-refractivity contribution in [3.05, 3.63) is 32.7 Å². The molecule has 1 aromatic carbocycles. The van der Waals surface area contributed by atoms with Crippen molar-refractivity contribution in [1.82, 2.24) is 15.2 Å². The number of nitrogens with zero attached hydrogens (tertiary/aromatic N) is 1. The van der Waals surface area contributed by atoms with Crippen LogP contribution in [-0.2, 0) is 0 Å². The molecule has 0 atom stereocenters. The first-order valence-electron chi connectivity index (χ1n) is 3.97. The molecule has 78 valence electrons. The van der Waals surface area contributed by atoms with Gasteiger partial charge in [0.05, 0.1) is 15.7 Å². The molecule has 7 heteroatoms. The van der Waals surface area contributed by atoms with Crippen molar-refractivity contribution in [2.75, 3.05) is 5.73 Å². The van der Waals surface area contributed by atoms with E-state index in [0.29, 0.717) is 27.1 Å². The molecule has 0 saturated heterocycles. The number of rotatable bonds is 1. The number of aromatic amines is 2. The zero-order valence-electron chi connectivity index (χ0n) is 7.34. The second-order valence-electron chi connectivity index (χ2n) is 2.88. The molecule has 0 radical (unpaired) electrons. The van der Waals surface area contributed by atoms with Crippen molar-refractivity contribution in [2.45, 2.75) is 0 Å². The van der Waals surface area contributed by atoms with Gasteiger partial charge in [0.15, 0.2) is 5.82 Å². The molecule has 0 spiro atoms. The first-order chi connectivity index (χ1) is 7.08. The van der Waals surface area contributed by atoms with E-state index in [1.54, 1.807) is 12.1 Å². The quantitative estimate of drug-likeness (QED) is 0.667. The Labute approximate surface area is 94.2 Å². The number of nitrogens with one attached hydrogen (secondary N) is 2. The Balaban J connectivity index is 2.59. The topological polar surface area (TPSA) is 87.6 Å². The molecule has 0 unspecified atom stereocenters. The summed E-state index contributed by atoms with van der Waals surface area (Å²) in [5.74, 6) is 0.365. The molecule has 5 nitrogen and oxygen atoms in total. The third-order valence-electron chi connectivity index (χ3n) is 1.85. The summed E-state index contributed by atoms with van der Waals surface area (Å²) >= 11 is 11.7. The Morgan fingerprint density at radius 1 is 1.27 bits per heavy atom. The Kier molecular flexibility index (Phi) is 2.42. The highest BCUT2D eigenvalue weighted by Gasteiger charge is 2.08. The van der Waals surface area contributed by atoms with Gasteiger partial charge in [-0.15, -0.1) is 0 Å². The van der Waals surface area contributed by atoms with E-state index in [-0.39, 0.29) is 0 Å². The van der Waals surface area contributed by atoms with Crippen LogP contribution < -0.4 is 11.4 Å². The molecule has 1 heterocycles. The molecule has 15 heavy (non-hydrogen) atoms. The first-order valence-corrected chi connectivity index (χ1v) is 4.73. The fourth-order valence-electron chi connectivity index (χ4n) is 1.13. The Morgan fingerprint density at radius 3 is 2.33 bits per heavy atom. The third kappa shape index (κ3) is 1.84. The maximum atomic E-state index is 10.8. The molecule has 0 aliphatic heterocycles. The molecular formula is C8H6Cl2N4O. The molecule has 0 fully saturated rings. The molecule has 1 aromatic heterocycles. The van der Waals surface area contributed by atoms with Gasteiger partial charge in [-0.3, -0.25) is 4.98 Å². The summed E-state index contributed by atoms with van der Waals surface area (Å²) in [7, 11) is 0. The van der Waals surface area contributed by atoms with Gasteiger partial charge in [-0.1, -0.05) is 23.2 Å². The standard InChI is InChI=1S/C8H6Cl2N4O/c9-4-1-3(2-5(10)6(4)11)7-12-8(15)14-13-7/h1-2H,11H2,(H2,12,13,14,15). The molecule has 4 N–H and O–H groups in total. The Morgan fingerprint density at radius 2 is 1.87 bits per heavy atom. The molecule has 0 saturated carbocycles. The van der Waals surface area contributed by atoms with Crippen molar-refractivity contribution in [1.29, 1.82) is 0 Å². The number of anilines is 1. The van der Waals surface area contributed by atoms with Crippen LogP contribution in [0.4, 0.5) is 5.69 Å². The largest absolute Gasteiger partial charge is 0.396 e. The minimum absolute atomic E-state index is 0.306. The lowest BCUT2D eigenvalue weighted by Gasteiger charge is -2.03. The van der Waals surface area contributed by atoms with Crippen LogP contribution in [0.2, 0.25) is 10.0 Å². The monoisotopic (exact) mass is 244 g/mol. The van der Waals surface area contributed by atoms with Gasteiger partial charge in [-0.25, -0.2) is 9.89 Å². The van der Waals surface area contributed by atoms with Crippen molar-refractivity contribution in [2.24, 2.45) is 0 Å². The van der Waals surface area contributed by atoms with E-state index >= 15 is 0 Å². The molecule has 0 amide bonds. The molecule has 2 rings (SSSR count). The number of benzene rings is 1. The zero-order chi connectivity index (χ0) is 11.0. The van der Waals surface area contributed by atoms with E-state index in [2.05, 4.69) is 15.2 Å². The second-order valence-corrected chi connectivity index (χ2v) is 3.69. The summed E-state index contributed by atoms with van der Waals surface area (Å²) in [5, 5.41) is 6.63. The number of hydrogen-bond acceptors (Lipinski definition) is 3. The number of nitrogens with two attached hydrogens (primary N) is 1. The minimum atomic E-state index is -0.394. The average Bonchev–Trinajstić information content (AvgIpc) is 2.60. The van der Waals surface area contributed by atoms with Gasteiger partial charge in [0, 0.05) is 5.56 Å². The highest BCUT2D eigenvalue weighted by atomic mass is 35.5. The van der Waals surface area contributed by atoms with Gasteiger partial charge in [-0.2, -0.15) is 5.10 Å².